The molecule has 6 atom stereocenters. The highest BCUT2D eigenvalue weighted by Crippen LogP contribution is 2.66. The molecule has 0 saturated carbocycles. The Bertz CT molecular complexity index is 1710. The Morgan fingerprint density at radius 1 is 1.20 bits per heavy atom. The Morgan fingerprint density at radius 2 is 1.96 bits per heavy atom. The molecule has 45 heavy (non-hydrogen) atoms. The third-order valence-corrected chi connectivity index (χ3v) is 11.6. The number of rotatable bonds is 14. The van der Waals surface area contributed by atoms with E-state index in [0.29, 0.717) is 5.75 Å². The predicted molar refractivity (Wildman–Crippen MR) is 155 cm³/mol. The Kier molecular flexibility index (Phi) is 11.6. The zero-order chi connectivity index (χ0) is 33.0. The number of nitrogens with one attached hydrogen (secondary N) is 2. The van der Waals surface area contributed by atoms with Gasteiger partial charge in [-0.15, -0.1) is 0 Å². The fraction of sp³-hybridized carbons (Fsp3) is 0.421. The first kappa shape index (κ1) is 35.7. The number of ether oxygens (including phenoxy) is 2. The van der Waals surface area contributed by atoms with Gasteiger partial charge in [0.2, 0.25) is 5.95 Å². The van der Waals surface area contributed by atoms with E-state index < -0.39 is 66.3 Å². The standard InChI is InChI=1S/C19H25N6O15P3S2/c1-10(8-44-45-13-4-2-3-5-20-13)37-19(28)24-18-22-16-15(17(27)23-18)21-9-25(16)14-6-11(26)12(38-14)7-36-42(32,33)40-43(34,35)39-41(29,30)31/h2-5,9-12,14,26H,6-8H2,1H3,(H,32,33)(H,34,35)(H2,29,30,31)(H2,22,23,24,27,28). The molecule has 1 saturated heterocycles. The van der Waals surface area contributed by atoms with Gasteiger partial charge in [-0.05, 0) is 29.9 Å². The average Bonchev–Trinajstić information content (AvgIpc) is 3.49. The zero-order valence-corrected chi connectivity index (χ0v) is 26.9. The van der Waals surface area contributed by atoms with Crippen LogP contribution in [0.3, 0.4) is 0 Å². The fourth-order valence-corrected chi connectivity index (χ4v) is 8.79. The summed E-state index contributed by atoms with van der Waals surface area (Å²) in [5.74, 6) is 0.138. The Hall–Kier alpha value is -2.20. The van der Waals surface area contributed by atoms with Crippen LogP contribution in [0, 0.1) is 0 Å². The molecule has 0 bridgehead atoms. The highest BCUT2D eigenvalue weighted by molar-refractivity contribution is 8.76. The van der Waals surface area contributed by atoms with E-state index in [9.17, 15) is 38.2 Å². The molecule has 0 radical (unpaired) electrons. The highest BCUT2D eigenvalue weighted by atomic mass is 33.1. The minimum atomic E-state index is -5.74. The molecule has 248 valence electrons. The van der Waals surface area contributed by atoms with E-state index in [0.717, 1.165) is 11.4 Å². The number of hydrogen-bond acceptors (Lipinski definition) is 16. The summed E-state index contributed by atoms with van der Waals surface area (Å²) in [5.41, 5.74) is -0.956. The van der Waals surface area contributed by atoms with Crippen molar-refractivity contribution in [1.29, 1.82) is 0 Å². The van der Waals surface area contributed by atoms with Crippen molar-refractivity contribution < 1.29 is 65.8 Å². The van der Waals surface area contributed by atoms with E-state index in [1.165, 1.54) is 26.2 Å². The maximum Gasteiger partial charge on any atom is 0.490 e. The molecule has 0 spiro atoms. The number of hydrogen-bond donors (Lipinski definition) is 7. The third kappa shape index (κ3) is 10.7. The molecule has 1 fully saturated rings. The van der Waals surface area contributed by atoms with Crippen molar-refractivity contribution in [3.05, 3.63) is 41.1 Å². The number of anilines is 1. The zero-order valence-electron chi connectivity index (χ0n) is 22.6. The highest BCUT2D eigenvalue weighted by Gasteiger charge is 2.43. The number of pyridine rings is 1. The second-order valence-electron chi connectivity index (χ2n) is 8.93. The van der Waals surface area contributed by atoms with Crippen molar-refractivity contribution in [3.63, 3.8) is 0 Å². The lowest BCUT2D eigenvalue weighted by atomic mass is 10.2. The van der Waals surface area contributed by atoms with E-state index in [-0.39, 0.29) is 23.5 Å². The van der Waals surface area contributed by atoms with Crippen LogP contribution in [-0.2, 0) is 36.3 Å². The minimum Gasteiger partial charge on any atom is -0.445 e. The molecule has 26 heteroatoms. The first-order chi connectivity index (χ1) is 21.0. The number of imidazole rings is 1. The van der Waals surface area contributed by atoms with Crippen molar-refractivity contribution >= 4 is 68.3 Å². The lowest BCUT2D eigenvalue weighted by molar-refractivity contribution is -0.0423. The van der Waals surface area contributed by atoms with Crippen LogP contribution in [0.15, 0.2) is 40.5 Å². The van der Waals surface area contributed by atoms with Gasteiger partial charge < -0.3 is 34.2 Å². The van der Waals surface area contributed by atoms with E-state index in [1.807, 2.05) is 12.1 Å². The fourth-order valence-electron chi connectivity index (χ4n) is 3.63. The average molecular weight is 734 g/mol. The van der Waals surface area contributed by atoms with Crippen molar-refractivity contribution in [2.75, 3.05) is 17.7 Å². The summed E-state index contributed by atoms with van der Waals surface area (Å²) in [4.78, 5) is 75.8. The Balaban J connectivity index is 1.35. The molecule has 21 nitrogen and oxygen atoms in total. The van der Waals surface area contributed by atoms with Crippen LogP contribution >= 0.6 is 45.1 Å². The van der Waals surface area contributed by atoms with Crippen LogP contribution in [0.2, 0.25) is 0 Å². The van der Waals surface area contributed by atoms with Gasteiger partial charge in [-0.3, -0.25) is 24.2 Å². The SMILES string of the molecule is CC(CSSc1ccccn1)OC(=O)Nc1nc2c(ncn2C2CC(O)C(COP(=O)(O)OP(=O)(O)OP(=O)(O)O)O2)c(=O)[nH]1. The lowest BCUT2D eigenvalue weighted by Gasteiger charge is -2.19. The van der Waals surface area contributed by atoms with Gasteiger partial charge in [0, 0.05) is 18.4 Å². The van der Waals surface area contributed by atoms with Gasteiger partial charge >= 0.3 is 29.6 Å². The maximum absolute atomic E-state index is 12.6. The number of phosphoric ester groups is 1. The molecule has 4 rings (SSSR count). The van der Waals surface area contributed by atoms with Crippen LogP contribution < -0.4 is 10.9 Å². The van der Waals surface area contributed by atoms with Gasteiger partial charge in [0.05, 0.1) is 19.0 Å². The number of aliphatic hydroxyl groups is 1. The number of fused-ring (bicyclic) bond motifs is 1. The third-order valence-electron chi connectivity index (χ3n) is 5.38. The van der Waals surface area contributed by atoms with Crippen LogP contribution in [0.4, 0.5) is 10.7 Å². The first-order valence-electron chi connectivity index (χ1n) is 12.3. The smallest absolute Gasteiger partial charge is 0.445 e. The van der Waals surface area contributed by atoms with Gasteiger partial charge in [-0.1, -0.05) is 16.9 Å². The van der Waals surface area contributed by atoms with Gasteiger partial charge in [-0.25, -0.2) is 28.5 Å². The number of aromatic amines is 1. The van der Waals surface area contributed by atoms with Crippen molar-refractivity contribution in [2.24, 2.45) is 0 Å². The molecule has 1 amide bonds. The van der Waals surface area contributed by atoms with Crippen molar-refractivity contribution in [3.8, 4) is 0 Å². The van der Waals surface area contributed by atoms with Gasteiger partial charge in [-0.2, -0.15) is 13.6 Å². The molecular formula is C19H25N6O15P3S2. The monoisotopic (exact) mass is 734 g/mol. The summed E-state index contributed by atoms with van der Waals surface area (Å²) in [6.45, 7) is 0.765. The van der Waals surface area contributed by atoms with Crippen LogP contribution in [0.25, 0.3) is 11.2 Å². The Morgan fingerprint density at radius 3 is 2.64 bits per heavy atom. The molecule has 0 aromatic carbocycles. The van der Waals surface area contributed by atoms with Crippen molar-refractivity contribution in [2.45, 2.75) is 42.9 Å². The van der Waals surface area contributed by atoms with E-state index in [4.69, 9.17) is 19.3 Å². The van der Waals surface area contributed by atoms with Crippen LogP contribution in [0.5, 0.6) is 0 Å². The minimum absolute atomic E-state index is 0.0739. The normalized spacial score (nSPS) is 22.0. The quantitative estimate of drug-likeness (QED) is 0.0918. The maximum atomic E-state index is 12.6. The number of aromatic nitrogens is 5. The lowest BCUT2D eigenvalue weighted by Crippen LogP contribution is -2.26. The molecular weight excluding hydrogens is 709 g/mol. The molecule has 0 aliphatic carbocycles. The molecule has 1 aliphatic rings. The number of carbonyl (C=O) groups excluding carboxylic acids is 1. The largest absolute Gasteiger partial charge is 0.490 e. The topological polar surface area (TPSA) is 304 Å². The van der Waals surface area contributed by atoms with E-state index in [2.05, 4.69) is 38.4 Å². The second kappa shape index (κ2) is 14.7. The number of H-pyrrole nitrogens is 1. The molecule has 6 unspecified atom stereocenters. The molecule has 4 heterocycles. The summed E-state index contributed by atoms with van der Waals surface area (Å²) in [7, 11) is -14.0. The van der Waals surface area contributed by atoms with Crippen molar-refractivity contribution in [1.82, 2.24) is 24.5 Å². The predicted octanol–water partition coefficient (Wildman–Crippen LogP) is 1.88. The van der Waals surface area contributed by atoms with Crippen LogP contribution in [0.1, 0.15) is 19.6 Å². The number of amides is 1. The summed E-state index contributed by atoms with van der Waals surface area (Å²) in [6.07, 6.45) is -2.56. The summed E-state index contributed by atoms with van der Waals surface area (Å²) < 4.78 is 58.2. The van der Waals surface area contributed by atoms with Gasteiger partial charge in [0.15, 0.2) is 11.2 Å². The van der Waals surface area contributed by atoms with E-state index in [1.54, 1.807) is 19.2 Å². The first-order valence-corrected chi connectivity index (χ1v) is 19.1. The summed E-state index contributed by atoms with van der Waals surface area (Å²) in [5, 5.41) is 13.5. The summed E-state index contributed by atoms with van der Waals surface area (Å²) in [6, 6.07) is 5.47. The second-order valence-corrected chi connectivity index (χ2v) is 15.7. The van der Waals surface area contributed by atoms with E-state index >= 15 is 0 Å². The number of aliphatic hydroxyl groups excluding tert-OH is 1. The molecule has 3 aromatic rings. The number of carbonyl (C=O) groups is 1. The molecule has 1 aliphatic heterocycles. The number of phosphoric acid groups is 3. The number of nitrogens with zero attached hydrogens (tertiary/aromatic N) is 4. The molecule has 3 aromatic heterocycles. The van der Waals surface area contributed by atoms with Gasteiger partial charge in [0.25, 0.3) is 5.56 Å². The summed E-state index contributed by atoms with van der Waals surface area (Å²) >= 11 is 0. The van der Waals surface area contributed by atoms with Crippen LogP contribution in [-0.4, -0.2) is 85.9 Å². The molecule has 7 N–H and O–H groups in total. The van der Waals surface area contributed by atoms with Gasteiger partial charge in [0.1, 0.15) is 23.5 Å². The Labute approximate surface area is 259 Å².